The van der Waals surface area contributed by atoms with E-state index in [2.05, 4.69) is 15.0 Å². The molecule has 0 aromatic carbocycles. The molecule has 0 atom stereocenters. The van der Waals surface area contributed by atoms with Crippen LogP contribution in [-0.4, -0.2) is 45.2 Å². The largest absolute Gasteiger partial charge is 0.462 e. The average molecular weight is 353 g/mol. The molecule has 4 heterocycles. The summed E-state index contributed by atoms with van der Waals surface area (Å²) in [5, 5.41) is 5.42. The smallest absolute Gasteiger partial charge is 0.341 e. The fourth-order valence-electron chi connectivity index (χ4n) is 3.74. The van der Waals surface area contributed by atoms with Gasteiger partial charge in [0.1, 0.15) is 5.56 Å². The number of piperidine rings is 1. The van der Waals surface area contributed by atoms with Gasteiger partial charge in [-0.25, -0.2) is 14.8 Å². The first-order valence-electron chi connectivity index (χ1n) is 9.18. The highest BCUT2D eigenvalue weighted by molar-refractivity contribution is 6.05. The van der Waals surface area contributed by atoms with Crippen molar-refractivity contribution < 1.29 is 9.53 Å². The van der Waals surface area contributed by atoms with Crippen molar-refractivity contribution in [2.24, 2.45) is 0 Å². The highest BCUT2D eigenvalue weighted by atomic mass is 16.5. The minimum absolute atomic E-state index is 0.335. The van der Waals surface area contributed by atoms with E-state index in [0.717, 1.165) is 59.7 Å². The van der Waals surface area contributed by atoms with Crippen LogP contribution in [0, 0.1) is 13.8 Å². The van der Waals surface area contributed by atoms with Crippen molar-refractivity contribution in [2.75, 3.05) is 24.6 Å². The number of aromatic nitrogens is 4. The number of nitrogens with zero attached hydrogens (tertiary/aromatic N) is 5. The van der Waals surface area contributed by atoms with Crippen LogP contribution in [0.3, 0.4) is 0 Å². The van der Waals surface area contributed by atoms with E-state index >= 15 is 0 Å². The van der Waals surface area contributed by atoms with Crippen molar-refractivity contribution in [2.45, 2.75) is 40.0 Å². The van der Waals surface area contributed by atoms with Crippen molar-refractivity contribution in [1.29, 1.82) is 0 Å². The third-order valence-electron chi connectivity index (χ3n) is 4.86. The summed E-state index contributed by atoms with van der Waals surface area (Å²) in [6, 6.07) is 1.94. The van der Waals surface area contributed by atoms with Gasteiger partial charge in [-0.05, 0) is 40.0 Å². The van der Waals surface area contributed by atoms with E-state index in [0.29, 0.717) is 12.2 Å². The lowest BCUT2D eigenvalue weighted by Crippen LogP contribution is -2.31. The molecular weight excluding hydrogens is 330 g/mol. The van der Waals surface area contributed by atoms with E-state index in [4.69, 9.17) is 9.72 Å². The molecule has 3 aromatic heterocycles. The highest BCUT2D eigenvalue weighted by Gasteiger charge is 2.25. The Balaban J connectivity index is 2.04. The lowest BCUT2D eigenvalue weighted by Gasteiger charge is -2.31. The van der Waals surface area contributed by atoms with E-state index in [1.807, 2.05) is 26.8 Å². The number of rotatable bonds is 3. The Morgan fingerprint density at radius 1 is 1.23 bits per heavy atom. The minimum Gasteiger partial charge on any atom is -0.462 e. The number of carbonyl (C=O) groups is 1. The number of hydrogen-bond acceptors (Lipinski definition) is 6. The zero-order valence-corrected chi connectivity index (χ0v) is 15.4. The van der Waals surface area contributed by atoms with E-state index < -0.39 is 0 Å². The van der Waals surface area contributed by atoms with Crippen LogP contribution in [-0.2, 0) is 4.74 Å². The predicted molar refractivity (Wildman–Crippen MR) is 99.8 cm³/mol. The molecule has 7 heteroatoms. The highest BCUT2D eigenvalue weighted by Crippen LogP contribution is 2.34. The molecule has 136 valence electrons. The quantitative estimate of drug-likeness (QED) is 0.674. The van der Waals surface area contributed by atoms with Crippen LogP contribution in [0.15, 0.2) is 12.3 Å². The first-order valence-corrected chi connectivity index (χ1v) is 9.18. The van der Waals surface area contributed by atoms with Gasteiger partial charge >= 0.3 is 5.97 Å². The molecule has 0 aliphatic carbocycles. The average Bonchev–Trinajstić information content (AvgIpc) is 3.02. The van der Waals surface area contributed by atoms with Crippen molar-refractivity contribution in [3.8, 4) is 0 Å². The standard InChI is InChI=1S/C19H23N5O2/c1-4-26-19(25)14-11-20-18-16(17(14)23-8-6-5-7-9-23)13(3)21-15-10-12(2)22-24(15)18/h10-11H,4-9H2,1-3H3. The number of aryl methyl sites for hydroxylation is 2. The van der Waals surface area contributed by atoms with Gasteiger partial charge in [0.05, 0.1) is 29.1 Å². The molecule has 7 nitrogen and oxygen atoms in total. The van der Waals surface area contributed by atoms with Crippen LogP contribution in [0.25, 0.3) is 16.7 Å². The first-order chi connectivity index (χ1) is 12.6. The van der Waals surface area contributed by atoms with Crippen molar-refractivity contribution in [1.82, 2.24) is 19.6 Å². The van der Waals surface area contributed by atoms with Gasteiger partial charge in [0.25, 0.3) is 0 Å². The van der Waals surface area contributed by atoms with Crippen LogP contribution >= 0.6 is 0 Å². The number of carbonyl (C=O) groups excluding carboxylic acids is 1. The van der Waals surface area contributed by atoms with Crippen molar-refractivity contribution >= 4 is 28.3 Å². The van der Waals surface area contributed by atoms with Gasteiger partial charge in [-0.2, -0.15) is 9.61 Å². The second-order valence-corrected chi connectivity index (χ2v) is 6.74. The van der Waals surface area contributed by atoms with E-state index in [1.54, 1.807) is 10.7 Å². The number of ether oxygens (including phenoxy) is 1. The fraction of sp³-hybridized carbons (Fsp3) is 0.474. The number of hydrogen-bond donors (Lipinski definition) is 0. The Bertz CT molecular complexity index is 989. The lowest BCUT2D eigenvalue weighted by atomic mass is 10.0. The second kappa shape index (κ2) is 6.55. The molecule has 1 fully saturated rings. The molecule has 4 rings (SSSR count). The SMILES string of the molecule is CCOC(=O)c1cnc2c(c(C)nc3cc(C)nn32)c1N1CCCCC1. The zero-order chi connectivity index (χ0) is 18.3. The molecule has 0 spiro atoms. The lowest BCUT2D eigenvalue weighted by molar-refractivity contribution is 0.0526. The summed E-state index contributed by atoms with van der Waals surface area (Å²) >= 11 is 0. The Kier molecular flexibility index (Phi) is 4.22. The van der Waals surface area contributed by atoms with Gasteiger partial charge in [0.15, 0.2) is 11.3 Å². The summed E-state index contributed by atoms with van der Waals surface area (Å²) in [7, 11) is 0. The third kappa shape index (κ3) is 2.67. The van der Waals surface area contributed by atoms with Crippen LogP contribution in [0.1, 0.15) is 47.9 Å². The summed E-state index contributed by atoms with van der Waals surface area (Å²) in [6.07, 6.45) is 5.07. The Labute approximate surface area is 152 Å². The van der Waals surface area contributed by atoms with Gasteiger partial charge in [0.2, 0.25) is 0 Å². The van der Waals surface area contributed by atoms with Gasteiger partial charge in [0, 0.05) is 25.4 Å². The maximum atomic E-state index is 12.6. The van der Waals surface area contributed by atoms with Gasteiger partial charge in [-0.3, -0.25) is 0 Å². The van der Waals surface area contributed by atoms with E-state index in [1.165, 1.54) is 6.42 Å². The van der Waals surface area contributed by atoms with Gasteiger partial charge in [-0.1, -0.05) is 0 Å². The zero-order valence-electron chi connectivity index (χ0n) is 15.4. The third-order valence-corrected chi connectivity index (χ3v) is 4.86. The van der Waals surface area contributed by atoms with Crippen LogP contribution < -0.4 is 4.90 Å². The summed E-state index contributed by atoms with van der Waals surface area (Å²) in [6.45, 7) is 7.89. The summed E-state index contributed by atoms with van der Waals surface area (Å²) < 4.78 is 7.06. The van der Waals surface area contributed by atoms with Gasteiger partial charge < -0.3 is 9.64 Å². The summed E-state index contributed by atoms with van der Waals surface area (Å²) in [5.41, 5.74) is 4.64. The molecule has 0 unspecified atom stereocenters. The van der Waals surface area contributed by atoms with E-state index in [9.17, 15) is 4.79 Å². The molecular formula is C19H23N5O2. The van der Waals surface area contributed by atoms with Gasteiger partial charge in [-0.15, -0.1) is 0 Å². The predicted octanol–water partition coefficient (Wildman–Crippen LogP) is 3.06. The molecule has 0 saturated carbocycles. The molecule has 0 radical (unpaired) electrons. The Morgan fingerprint density at radius 3 is 2.73 bits per heavy atom. The fourth-order valence-corrected chi connectivity index (χ4v) is 3.74. The summed E-state index contributed by atoms with van der Waals surface area (Å²) in [5.74, 6) is -0.335. The second-order valence-electron chi connectivity index (χ2n) is 6.74. The molecule has 0 N–H and O–H groups in total. The van der Waals surface area contributed by atoms with Crippen molar-refractivity contribution in [3.05, 3.63) is 29.2 Å². The molecule has 3 aromatic rings. The molecule has 0 amide bonds. The molecule has 1 aliphatic heterocycles. The normalized spacial score (nSPS) is 15.0. The van der Waals surface area contributed by atoms with E-state index in [-0.39, 0.29) is 5.97 Å². The maximum absolute atomic E-state index is 12.6. The van der Waals surface area contributed by atoms with Crippen LogP contribution in [0.2, 0.25) is 0 Å². The number of fused-ring (bicyclic) bond motifs is 3. The number of esters is 1. The van der Waals surface area contributed by atoms with Crippen LogP contribution in [0.4, 0.5) is 5.69 Å². The molecule has 0 bridgehead atoms. The van der Waals surface area contributed by atoms with Crippen LogP contribution in [0.5, 0.6) is 0 Å². The Morgan fingerprint density at radius 2 is 2.00 bits per heavy atom. The topological polar surface area (TPSA) is 72.6 Å². The minimum atomic E-state index is -0.335. The first kappa shape index (κ1) is 16.8. The maximum Gasteiger partial charge on any atom is 0.341 e. The number of pyridine rings is 1. The van der Waals surface area contributed by atoms with Crippen molar-refractivity contribution in [3.63, 3.8) is 0 Å². The number of anilines is 1. The molecule has 26 heavy (non-hydrogen) atoms. The molecule has 1 saturated heterocycles. The Hall–Kier alpha value is -2.70. The summed E-state index contributed by atoms with van der Waals surface area (Å²) in [4.78, 5) is 24.2. The molecule has 1 aliphatic rings. The monoisotopic (exact) mass is 353 g/mol.